The molecule has 0 aromatic heterocycles. The third-order valence-electron chi connectivity index (χ3n) is 4.10. The van der Waals surface area contributed by atoms with Crippen LogP contribution in [0.2, 0.25) is 0 Å². The molecule has 0 aliphatic rings. The average molecular weight is 307 g/mol. The molecule has 0 aliphatic heterocycles. The van der Waals surface area contributed by atoms with Crippen LogP contribution in [0.25, 0.3) is 5.57 Å². The molecule has 2 aromatic rings. The van der Waals surface area contributed by atoms with Crippen molar-refractivity contribution in [2.24, 2.45) is 5.92 Å². The van der Waals surface area contributed by atoms with E-state index in [0.29, 0.717) is 0 Å². The van der Waals surface area contributed by atoms with Gasteiger partial charge in [0.1, 0.15) is 0 Å². The molecule has 0 saturated heterocycles. The first-order valence-corrected chi connectivity index (χ1v) is 8.66. The van der Waals surface area contributed by atoms with Crippen molar-refractivity contribution in [1.29, 1.82) is 0 Å². The second kappa shape index (κ2) is 9.32. The van der Waals surface area contributed by atoms with Crippen molar-refractivity contribution in [3.8, 4) is 0 Å². The van der Waals surface area contributed by atoms with E-state index in [1.807, 2.05) is 0 Å². The van der Waals surface area contributed by atoms with Gasteiger partial charge in [0.15, 0.2) is 0 Å². The Morgan fingerprint density at radius 2 is 1.43 bits per heavy atom. The molecule has 0 N–H and O–H groups in total. The van der Waals surface area contributed by atoms with Crippen LogP contribution in [0, 0.1) is 5.92 Å². The number of hydrogen-bond acceptors (Lipinski definition) is 1. The summed E-state index contributed by atoms with van der Waals surface area (Å²) in [5.74, 6) is 0.795. The van der Waals surface area contributed by atoms with Gasteiger partial charge in [-0.3, -0.25) is 0 Å². The molecule has 0 radical (unpaired) electrons. The van der Waals surface area contributed by atoms with Crippen LogP contribution < -0.4 is 0 Å². The van der Waals surface area contributed by atoms with Crippen LogP contribution in [0.3, 0.4) is 0 Å². The van der Waals surface area contributed by atoms with Crippen molar-refractivity contribution in [2.75, 3.05) is 20.1 Å². The molecule has 0 saturated carbocycles. The monoisotopic (exact) mass is 307 g/mol. The van der Waals surface area contributed by atoms with Crippen LogP contribution in [0.5, 0.6) is 0 Å². The summed E-state index contributed by atoms with van der Waals surface area (Å²) in [6.45, 7) is 6.73. The lowest BCUT2D eigenvalue weighted by Crippen LogP contribution is -2.20. The fourth-order valence-electron chi connectivity index (χ4n) is 2.75. The van der Waals surface area contributed by atoms with Crippen LogP contribution in [-0.2, 0) is 0 Å². The normalized spacial score (nSPS) is 11.0. The minimum Gasteiger partial charge on any atom is -0.303 e. The third kappa shape index (κ3) is 6.03. The van der Waals surface area contributed by atoms with Crippen molar-refractivity contribution in [3.05, 3.63) is 77.9 Å². The largest absolute Gasteiger partial charge is 0.303 e. The quantitative estimate of drug-likeness (QED) is 0.623. The highest BCUT2D eigenvalue weighted by atomic mass is 15.1. The minimum absolute atomic E-state index is 0.795. The molecule has 2 aromatic carbocycles. The molecule has 0 bridgehead atoms. The van der Waals surface area contributed by atoms with Gasteiger partial charge in [0.2, 0.25) is 0 Å². The van der Waals surface area contributed by atoms with E-state index in [1.54, 1.807) is 0 Å². The highest BCUT2D eigenvalue weighted by Gasteiger charge is 2.05. The predicted molar refractivity (Wildman–Crippen MR) is 102 cm³/mol. The molecule has 122 valence electrons. The van der Waals surface area contributed by atoms with Crippen LogP contribution in [0.4, 0.5) is 0 Å². The molecule has 0 spiro atoms. The Bertz CT molecular complexity index is 542. The highest BCUT2D eigenvalue weighted by molar-refractivity contribution is 5.79. The first-order chi connectivity index (χ1) is 11.2. The lowest BCUT2D eigenvalue weighted by Gasteiger charge is -2.17. The fraction of sp³-hybridized carbons (Fsp3) is 0.364. The Labute approximate surface area is 141 Å². The Morgan fingerprint density at radius 3 is 1.91 bits per heavy atom. The third-order valence-corrected chi connectivity index (χ3v) is 4.10. The zero-order valence-electron chi connectivity index (χ0n) is 14.7. The molecule has 1 nitrogen and oxygen atoms in total. The Balaban J connectivity index is 2.09. The van der Waals surface area contributed by atoms with Gasteiger partial charge in [-0.05, 0) is 49.1 Å². The molecule has 0 heterocycles. The van der Waals surface area contributed by atoms with Gasteiger partial charge < -0.3 is 4.90 Å². The van der Waals surface area contributed by atoms with Gasteiger partial charge in [-0.15, -0.1) is 0 Å². The summed E-state index contributed by atoms with van der Waals surface area (Å²) in [5.41, 5.74) is 3.89. The summed E-state index contributed by atoms with van der Waals surface area (Å²) in [4.78, 5) is 2.41. The molecule has 0 atom stereocenters. The zero-order valence-corrected chi connectivity index (χ0v) is 14.7. The lowest BCUT2D eigenvalue weighted by molar-refractivity contribution is 0.348. The summed E-state index contributed by atoms with van der Waals surface area (Å²) in [6, 6.07) is 21.4. The van der Waals surface area contributed by atoms with Crippen molar-refractivity contribution in [1.82, 2.24) is 4.90 Å². The topological polar surface area (TPSA) is 3.24 Å². The van der Waals surface area contributed by atoms with Gasteiger partial charge in [-0.2, -0.15) is 0 Å². The molecular formula is C22H29N. The number of benzene rings is 2. The van der Waals surface area contributed by atoms with E-state index >= 15 is 0 Å². The first-order valence-electron chi connectivity index (χ1n) is 8.66. The summed E-state index contributed by atoms with van der Waals surface area (Å²) >= 11 is 0. The van der Waals surface area contributed by atoms with Crippen LogP contribution in [0.1, 0.15) is 37.8 Å². The number of nitrogens with zero attached hydrogens (tertiary/aromatic N) is 1. The molecule has 0 fully saturated rings. The minimum atomic E-state index is 0.795. The van der Waals surface area contributed by atoms with Gasteiger partial charge in [0.05, 0.1) is 0 Å². The van der Waals surface area contributed by atoms with Crippen LogP contribution in [-0.4, -0.2) is 25.0 Å². The van der Waals surface area contributed by atoms with E-state index in [1.165, 1.54) is 29.5 Å². The molecule has 0 amide bonds. The Kier molecular flexibility index (Phi) is 7.09. The molecule has 0 unspecified atom stereocenters. The first kappa shape index (κ1) is 17.5. The van der Waals surface area contributed by atoms with Gasteiger partial charge in [0.25, 0.3) is 0 Å². The molecule has 23 heavy (non-hydrogen) atoms. The molecule has 0 aliphatic carbocycles. The van der Waals surface area contributed by atoms with E-state index in [2.05, 4.69) is 92.5 Å². The van der Waals surface area contributed by atoms with E-state index < -0.39 is 0 Å². The smallest absolute Gasteiger partial charge is 0.0169 e. The SMILES string of the molecule is CC(C)CCCN(C)CC=C(c1ccccc1)c1ccccc1. The van der Waals surface area contributed by atoms with Gasteiger partial charge >= 0.3 is 0 Å². The number of rotatable bonds is 8. The Hall–Kier alpha value is -1.86. The van der Waals surface area contributed by atoms with Crippen molar-refractivity contribution >= 4 is 5.57 Å². The lowest BCUT2D eigenvalue weighted by atomic mass is 9.97. The summed E-state index contributed by atoms with van der Waals surface area (Å²) < 4.78 is 0. The zero-order chi connectivity index (χ0) is 16.5. The van der Waals surface area contributed by atoms with Crippen molar-refractivity contribution < 1.29 is 0 Å². The summed E-state index contributed by atoms with van der Waals surface area (Å²) in [6.07, 6.45) is 4.94. The maximum Gasteiger partial charge on any atom is 0.0169 e. The summed E-state index contributed by atoms with van der Waals surface area (Å²) in [7, 11) is 2.21. The van der Waals surface area contributed by atoms with Crippen molar-refractivity contribution in [3.63, 3.8) is 0 Å². The maximum absolute atomic E-state index is 2.41. The standard InChI is InChI=1S/C22H29N/c1-19(2)11-10-17-23(3)18-16-22(20-12-6-4-7-13-20)21-14-8-5-9-15-21/h4-9,12-16,19H,10-11,17-18H2,1-3H3. The number of hydrogen-bond donors (Lipinski definition) is 0. The second-order valence-electron chi connectivity index (χ2n) is 6.65. The fourth-order valence-corrected chi connectivity index (χ4v) is 2.75. The average Bonchev–Trinajstić information content (AvgIpc) is 2.57. The van der Waals surface area contributed by atoms with E-state index in [-0.39, 0.29) is 0 Å². The second-order valence-corrected chi connectivity index (χ2v) is 6.65. The molecule has 2 rings (SSSR count). The molecule has 1 heteroatoms. The summed E-state index contributed by atoms with van der Waals surface area (Å²) in [5, 5.41) is 0. The van der Waals surface area contributed by atoms with Crippen LogP contribution in [0.15, 0.2) is 66.7 Å². The van der Waals surface area contributed by atoms with Crippen LogP contribution >= 0.6 is 0 Å². The van der Waals surface area contributed by atoms with Gasteiger partial charge in [0, 0.05) is 6.54 Å². The van der Waals surface area contributed by atoms with E-state index in [9.17, 15) is 0 Å². The maximum atomic E-state index is 2.41. The highest BCUT2D eigenvalue weighted by Crippen LogP contribution is 2.23. The van der Waals surface area contributed by atoms with Gasteiger partial charge in [-0.25, -0.2) is 0 Å². The number of likely N-dealkylation sites (N-methyl/N-ethyl adjacent to an activating group) is 1. The van der Waals surface area contributed by atoms with E-state index in [4.69, 9.17) is 0 Å². The van der Waals surface area contributed by atoms with Crippen molar-refractivity contribution in [2.45, 2.75) is 26.7 Å². The molecular weight excluding hydrogens is 278 g/mol. The Morgan fingerprint density at radius 1 is 0.913 bits per heavy atom. The predicted octanol–water partition coefficient (Wildman–Crippen LogP) is 5.49. The van der Waals surface area contributed by atoms with Gasteiger partial charge in [-0.1, -0.05) is 80.6 Å². The van der Waals surface area contributed by atoms with E-state index in [0.717, 1.165) is 19.0 Å².